The highest BCUT2D eigenvalue weighted by Crippen LogP contribution is 2.24. The Morgan fingerprint density at radius 2 is 1.89 bits per heavy atom. The van der Waals surface area contributed by atoms with E-state index in [9.17, 15) is 19.2 Å². The summed E-state index contributed by atoms with van der Waals surface area (Å²) >= 11 is 0. The molecule has 0 aliphatic carbocycles. The Bertz CT molecular complexity index is 1140. The van der Waals surface area contributed by atoms with Gasteiger partial charge in [0.25, 0.3) is 5.91 Å². The van der Waals surface area contributed by atoms with Crippen LogP contribution in [0.4, 0.5) is 0 Å². The van der Waals surface area contributed by atoms with Gasteiger partial charge in [-0.15, -0.1) is 0 Å². The minimum Gasteiger partial charge on any atom is -0.457 e. The number of carbonyl (C=O) groups excluding carboxylic acids is 4. The number of oxazole rings is 1. The second kappa shape index (κ2) is 13.0. The Labute approximate surface area is 217 Å². The minimum atomic E-state index is -0.612. The molecule has 9 heteroatoms. The number of amides is 2. The molecule has 3 rings (SSSR count). The fraction of sp³-hybridized carbons (Fsp3) is 0.464. The van der Waals surface area contributed by atoms with Crippen molar-refractivity contribution >= 4 is 23.6 Å². The topological polar surface area (TPSA) is 119 Å². The van der Waals surface area contributed by atoms with Gasteiger partial charge in [0.2, 0.25) is 11.8 Å². The molecular weight excluding hydrogens is 474 g/mol. The molecule has 0 spiro atoms. The summed E-state index contributed by atoms with van der Waals surface area (Å²) in [6, 6.07) is 0. The number of rotatable bonds is 1. The number of cyclic esters (lactones) is 1. The van der Waals surface area contributed by atoms with Crippen LogP contribution in [-0.4, -0.2) is 52.6 Å². The Morgan fingerprint density at radius 1 is 1.11 bits per heavy atom. The maximum atomic E-state index is 13.1. The van der Waals surface area contributed by atoms with E-state index in [1.807, 2.05) is 45.9 Å². The molecule has 0 aromatic carbocycles. The third kappa shape index (κ3) is 7.87. The predicted molar refractivity (Wildman–Crippen MR) is 137 cm³/mol. The van der Waals surface area contributed by atoms with Gasteiger partial charge in [0.1, 0.15) is 23.8 Å². The van der Waals surface area contributed by atoms with Gasteiger partial charge in [-0.2, -0.15) is 0 Å². The average molecular weight is 510 g/mol. The fourth-order valence-electron chi connectivity index (χ4n) is 4.23. The first-order valence-corrected chi connectivity index (χ1v) is 12.6. The third-order valence-electron chi connectivity index (χ3n) is 6.19. The van der Waals surface area contributed by atoms with Crippen LogP contribution in [0.5, 0.6) is 0 Å². The minimum absolute atomic E-state index is 0.0201. The molecule has 198 valence electrons. The summed E-state index contributed by atoms with van der Waals surface area (Å²) in [4.78, 5) is 56.3. The van der Waals surface area contributed by atoms with Crippen molar-refractivity contribution in [3.8, 4) is 0 Å². The molecule has 2 aliphatic rings. The molecular formula is C28H35N3O6. The number of Topliss-reactive ketones (excluding diaryl/α,β-unsaturated/α-hetero) is 1. The van der Waals surface area contributed by atoms with Crippen LogP contribution in [0.1, 0.15) is 63.3 Å². The van der Waals surface area contributed by atoms with Crippen molar-refractivity contribution in [2.45, 2.75) is 59.5 Å². The van der Waals surface area contributed by atoms with Gasteiger partial charge in [-0.3, -0.25) is 14.4 Å². The first-order valence-electron chi connectivity index (χ1n) is 12.6. The molecule has 9 nitrogen and oxygen atoms in total. The number of hydrogen-bond acceptors (Lipinski definition) is 7. The molecule has 37 heavy (non-hydrogen) atoms. The highest BCUT2D eigenvalue weighted by atomic mass is 16.5. The van der Waals surface area contributed by atoms with E-state index in [4.69, 9.17) is 9.15 Å². The molecule has 2 amide bonds. The molecule has 2 aliphatic heterocycles. The lowest BCUT2D eigenvalue weighted by atomic mass is 9.94. The van der Waals surface area contributed by atoms with Gasteiger partial charge in [0, 0.05) is 25.4 Å². The van der Waals surface area contributed by atoms with Crippen molar-refractivity contribution in [2.24, 2.45) is 11.8 Å². The largest absolute Gasteiger partial charge is 0.457 e. The van der Waals surface area contributed by atoms with Gasteiger partial charge in [-0.05, 0) is 31.8 Å². The molecule has 1 aromatic rings. The number of nitrogens with one attached hydrogen (secondary N) is 1. The normalized spacial score (nSPS) is 26.0. The van der Waals surface area contributed by atoms with E-state index in [0.717, 1.165) is 5.57 Å². The maximum Gasteiger partial charge on any atom is 0.355 e. The van der Waals surface area contributed by atoms with Crippen LogP contribution in [0, 0.1) is 11.8 Å². The first kappa shape index (κ1) is 27.8. The number of nitrogens with zero attached hydrogens (tertiary/aromatic N) is 2. The van der Waals surface area contributed by atoms with E-state index < -0.39 is 18.0 Å². The lowest BCUT2D eigenvalue weighted by Gasteiger charge is -2.27. The summed E-state index contributed by atoms with van der Waals surface area (Å²) in [5, 5.41) is 2.79. The van der Waals surface area contributed by atoms with Crippen LogP contribution in [0.25, 0.3) is 0 Å². The predicted octanol–water partition coefficient (Wildman–Crippen LogP) is 3.69. The van der Waals surface area contributed by atoms with Crippen LogP contribution >= 0.6 is 0 Å². The van der Waals surface area contributed by atoms with Gasteiger partial charge in [0.15, 0.2) is 5.69 Å². The Hall–Kier alpha value is -3.75. The summed E-state index contributed by atoms with van der Waals surface area (Å²) in [6.45, 7) is 8.33. The number of ether oxygens (including phenoxy) is 1. The molecule has 1 aromatic heterocycles. The number of ketones is 1. The summed E-state index contributed by atoms with van der Waals surface area (Å²) < 4.78 is 11.2. The Kier molecular flexibility index (Phi) is 9.77. The number of esters is 1. The maximum absolute atomic E-state index is 13.1. The van der Waals surface area contributed by atoms with E-state index in [1.165, 1.54) is 17.2 Å². The van der Waals surface area contributed by atoms with E-state index >= 15 is 0 Å². The molecule has 0 saturated carbocycles. The van der Waals surface area contributed by atoms with Crippen molar-refractivity contribution < 1.29 is 28.3 Å². The average Bonchev–Trinajstić information content (AvgIpc) is 3.52. The molecule has 3 heterocycles. The van der Waals surface area contributed by atoms with E-state index in [-0.39, 0.29) is 47.2 Å². The standard InChI is InChI=1S/C28H35N3O6/c1-18(2)26-20(4)12-13-24(33)29-14-6-9-19(3)8-5-10-21(32)16-25-30-22(17-36-25)27(34)31-15-7-11-23(31)28(35)37-26/h6,8-9,11-13,17-18,20,26H,5,7,10,14-16H2,1-4H3,(H,29,33)/b9-6+,13-12+,19-8+/t20?,26-/m1/s1. The smallest absolute Gasteiger partial charge is 0.355 e. The van der Waals surface area contributed by atoms with Gasteiger partial charge in [-0.1, -0.05) is 56.7 Å². The van der Waals surface area contributed by atoms with E-state index in [2.05, 4.69) is 10.3 Å². The molecule has 0 saturated heterocycles. The summed E-state index contributed by atoms with van der Waals surface area (Å²) in [7, 11) is 0. The van der Waals surface area contributed by atoms with Crippen LogP contribution < -0.4 is 5.32 Å². The molecule has 1 unspecified atom stereocenters. The zero-order valence-electron chi connectivity index (χ0n) is 21.9. The lowest BCUT2D eigenvalue weighted by Crippen LogP contribution is -2.36. The number of fused-ring (bicyclic) bond motifs is 3. The zero-order chi connectivity index (χ0) is 26.9. The molecule has 2 bridgehead atoms. The van der Waals surface area contributed by atoms with Crippen molar-refractivity contribution in [1.82, 2.24) is 15.2 Å². The second-order valence-electron chi connectivity index (χ2n) is 9.64. The van der Waals surface area contributed by atoms with E-state index in [1.54, 1.807) is 12.2 Å². The number of allylic oxidation sites excluding steroid dienone is 3. The van der Waals surface area contributed by atoms with Crippen LogP contribution in [-0.2, 0) is 25.5 Å². The summed E-state index contributed by atoms with van der Waals surface area (Å²) in [5.41, 5.74) is 1.16. The summed E-state index contributed by atoms with van der Waals surface area (Å²) in [6.07, 6.45) is 12.5. The SMILES string of the molecule is CC1=C\CCC(=O)Cc2nc(co2)C(=O)N2CCC=C2C(=O)O[C@H](C(C)C)C(C)/C=C/C(=O)NC\C=C\1. The zero-order valence-corrected chi connectivity index (χ0v) is 21.9. The molecule has 0 fully saturated rings. The van der Waals surface area contributed by atoms with Crippen molar-refractivity contribution in [1.29, 1.82) is 0 Å². The highest BCUT2D eigenvalue weighted by molar-refractivity contribution is 6.00. The van der Waals surface area contributed by atoms with Gasteiger partial charge in [-0.25, -0.2) is 9.78 Å². The van der Waals surface area contributed by atoms with Gasteiger partial charge >= 0.3 is 5.97 Å². The Balaban J connectivity index is 1.84. The molecule has 1 N–H and O–H groups in total. The number of hydrogen-bond donors (Lipinski definition) is 1. The van der Waals surface area contributed by atoms with Gasteiger partial charge in [0.05, 0.1) is 6.42 Å². The van der Waals surface area contributed by atoms with Crippen LogP contribution in [0.3, 0.4) is 0 Å². The number of aromatic nitrogens is 1. The quantitative estimate of drug-likeness (QED) is 0.574. The fourth-order valence-corrected chi connectivity index (χ4v) is 4.23. The summed E-state index contributed by atoms with van der Waals surface area (Å²) in [5.74, 6) is -1.52. The van der Waals surface area contributed by atoms with E-state index in [0.29, 0.717) is 32.4 Å². The highest BCUT2D eigenvalue weighted by Gasteiger charge is 2.33. The second-order valence-corrected chi connectivity index (χ2v) is 9.64. The number of carbonyl (C=O) groups is 4. The van der Waals surface area contributed by atoms with Crippen molar-refractivity contribution in [3.63, 3.8) is 0 Å². The monoisotopic (exact) mass is 509 g/mol. The van der Waals surface area contributed by atoms with Crippen LogP contribution in [0.2, 0.25) is 0 Å². The molecule has 2 atom stereocenters. The van der Waals surface area contributed by atoms with Crippen molar-refractivity contribution in [3.05, 3.63) is 65.6 Å². The Morgan fingerprint density at radius 3 is 2.65 bits per heavy atom. The van der Waals surface area contributed by atoms with Gasteiger partial charge < -0.3 is 19.4 Å². The lowest BCUT2D eigenvalue weighted by molar-refractivity contribution is -0.149. The first-order chi connectivity index (χ1) is 17.7. The van der Waals surface area contributed by atoms with Crippen molar-refractivity contribution in [2.75, 3.05) is 13.1 Å². The van der Waals surface area contributed by atoms with Crippen LogP contribution in [0.15, 0.2) is 58.4 Å². The molecule has 0 radical (unpaired) electrons. The third-order valence-corrected chi connectivity index (χ3v) is 6.19.